The Balaban J connectivity index is 2.02. The van der Waals surface area contributed by atoms with Crippen LogP contribution in [0.25, 0.3) is 6.08 Å². The van der Waals surface area contributed by atoms with E-state index in [1.807, 2.05) is 31.2 Å². The molecule has 0 spiro atoms. The average Bonchev–Trinajstić information content (AvgIpc) is 2.92. The number of halogens is 1. The number of carboxylic acids is 1. The van der Waals surface area contributed by atoms with Gasteiger partial charge in [0.2, 0.25) is 5.91 Å². The fraction of sp³-hybridized carbons (Fsp3) is 0.375. The van der Waals surface area contributed by atoms with Crippen LogP contribution in [0.4, 0.5) is 0 Å². The Labute approximate surface area is 132 Å². The van der Waals surface area contributed by atoms with Crippen molar-refractivity contribution in [2.75, 3.05) is 13.1 Å². The third kappa shape index (κ3) is 3.53. The number of hydrogen-bond donors (Lipinski definition) is 1. The molecule has 2 rings (SSSR count). The molecule has 1 amide bonds. The van der Waals surface area contributed by atoms with Gasteiger partial charge in [0.15, 0.2) is 0 Å². The molecule has 112 valence electrons. The van der Waals surface area contributed by atoms with Crippen LogP contribution in [0.3, 0.4) is 0 Å². The predicted molar refractivity (Wildman–Crippen MR) is 84.7 cm³/mol. The Kier molecular flexibility index (Phi) is 4.83. The van der Waals surface area contributed by atoms with E-state index in [1.165, 1.54) is 6.08 Å². The minimum Gasteiger partial charge on any atom is -0.481 e. The molecule has 1 atom stereocenters. The van der Waals surface area contributed by atoms with Gasteiger partial charge in [-0.1, -0.05) is 35.0 Å². The minimum absolute atomic E-state index is 0.130. The molecule has 1 N–H and O–H groups in total. The van der Waals surface area contributed by atoms with Gasteiger partial charge in [0, 0.05) is 23.6 Å². The molecule has 4 nitrogen and oxygen atoms in total. The van der Waals surface area contributed by atoms with E-state index in [4.69, 9.17) is 0 Å². The molecule has 1 aliphatic heterocycles. The van der Waals surface area contributed by atoms with Crippen LogP contribution in [-0.4, -0.2) is 35.0 Å². The Morgan fingerprint density at radius 2 is 2.05 bits per heavy atom. The normalized spacial score (nSPS) is 21.9. The Morgan fingerprint density at radius 3 is 2.57 bits per heavy atom. The van der Waals surface area contributed by atoms with Gasteiger partial charge in [-0.25, -0.2) is 0 Å². The van der Waals surface area contributed by atoms with Gasteiger partial charge < -0.3 is 10.0 Å². The first-order chi connectivity index (χ1) is 9.97. The van der Waals surface area contributed by atoms with Crippen LogP contribution in [0.15, 0.2) is 34.8 Å². The maximum Gasteiger partial charge on any atom is 0.311 e. The number of likely N-dealkylation sites (tertiary alicyclic amines) is 1. The van der Waals surface area contributed by atoms with Gasteiger partial charge >= 0.3 is 5.97 Å². The van der Waals surface area contributed by atoms with Crippen LogP contribution < -0.4 is 0 Å². The number of amides is 1. The lowest BCUT2D eigenvalue weighted by Crippen LogP contribution is -2.35. The van der Waals surface area contributed by atoms with Gasteiger partial charge in [-0.05, 0) is 36.6 Å². The van der Waals surface area contributed by atoms with Crippen LogP contribution in [-0.2, 0) is 9.59 Å². The summed E-state index contributed by atoms with van der Waals surface area (Å²) in [4.78, 5) is 25.1. The number of nitrogens with zero attached hydrogens (tertiary/aromatic N) is 1. The Hall–Kier alpha value is -1.62. The van der Waals surface area contributed by atoms with E-state index in [1.54, 1.807) is 11.0 Å². The van der Waals surface area contributed by atoms with Crippen LogP contribution in [0.1, 0.15) is 25.3 Å². The van der Waals surface area contributed by atoms with Gasteiger partial charge in [0.05, 0.1) is 5.41 Å². The van der Waals surface area contributed by atoms with Crippen molar-refractivity contribution in [3.8, 4) is 0 Å². The zero-order valence-electron chi connectivity index (χ0n) is 11.9. The lowest BCUT2D eigenvalue weighted by molar-refractivity contribution is -0.148. The summed E-state index contributed by atoms with van der Waals surface area (Å²) in [5.74, 6) is -0.938. The zero-order chi connectivity index (χ0) is 15.5. The quantitative estimate of drug-likeness (QED) is 0.847. The first kappa shape index (κ1) is 15.8. The number of carbonyl (C=O) groups excluding carboxylic acids is 1. The van der Waals surface area contributed by atoms with Gasteiger partial charge in [-0.3, -0.25) is 9.59 Å². The number of hydrogen-bond acceptors (Lipinski definition) is 2. The van der Waals surface area contributed by atoms with E-state index in [0.717, 1.165) is 10.0 Å². The van der Waals surface area contributed by atoms with Crippen LogP contribution in [0.2, 0.25) is 0 Å². The first-order valence-corrected chi connectivity index (χ1v) is 7.72. The van der Waals surface area contributed by atoms with E-state index in [-0.39, 0.29) is 5.91 Å². The van der Waals surface area contributed by atoms with Gasteiger partial charge in [0.25, 0.3) is 0 Å². The number of aliphatic carboxylic acids is 1. The summed E-state index contributed by atoms with van der Waals surface area (Å²) >= 11 is 3.36. The zero-order valence-corrected chi connectivity index (χ0v) is 13.5. The highest BCUT2D eigenvalue weighted by Crippen LogP contribution is 2.34. The smallest absolute Gasteiger partial charge is 0.311 e. The summed E-state index contributed by atoms with van der Waals surface area (Å²) in [5, 5.41) is 9.34. The highest BCUT2D eigenvalue weighted by Gasteiger charge is 2.44. The first-order valence-electron chi connectivity index (χ1n) is 6.93. The van der Waals surface area contributed by atoms with Crippen molar-refractivity contribution in [2.24, 2.45) is 5.41 Å². The standard InChI is InChI=1S/C16H18BrNO3/c1-2-16(15(20)21)9-10-18(11-16)14(19)8-5-12-3-6-13(17)7-4-12/h3-8H,2,9-11H2,1H3,(H,20,21). The molecule has 0 bridgehead atoms. The summed E-state index contributed by atoms with van der Waals surface area (Å²) in [6, 6.07) is 7.63. The molecule has 1 aromatic carbocycles. The van der Waals surface area contributed by atoms with E-state index >= 15 is 0 Å². The molecule has 1 heterocycles. The molecule has 1 aliphatic rings. The van der Waals surface area contributed by atoms with Gasteiger partial charge in [-0.15, -0.1) is 0 Å². The molecule has 0 saturated carbocycles. The second-order valence-electron chi connectivity index (χ2n) is 5.33. The Morgan fingerprint density at radius 1 is 1.38 bits per heavy atom. The molecule has 1 unspecified atom stereocenters. The van der Waals surface area contributed by atoms with Crippen molar-refractivity contribution in [3.63, 3.8) is 0 Å². The average molecular weight is 352 g/mol. The van der Waals surface area contributed by atoms with Crippen molar-refractivity contribution in [1.82, 2.24) is 4.90 Å². The number of rotatable bonds is 4. The lowest BCUT2D eigenvalue weighted by Gasteiger charge is -2.22. The molecule has 1 saturated heterocycles. The Bertz CT molecular complexity index is 567. The predicted octanol–water partition coefficient (Wildman–Crippen LogP) is 3.18. The third-order valence-corrected chi connectivity index (χ3v) is 4.61. The van der Waals surface area contributed by atoms with Crippen LogP contribution in [0, 0.1) is 5.41 Å². The van der Waals surface area contributed by atoms with Crippen molar-refractivity contribution in [2.45, 2.75) is 19.8 Å². The minimum atomic E-state index is -0.808. The highest BCUT2D eigenvalue weighted by atomic mass is 79.9. The van der Waals surface area contributed by atoms with Crippen molar-refractivity contribution in [3.05, 3.63) is 40.4 Å². The molecule has 0 radical (unpaired) electrons. The third-order valence-electron chi connectivity index (χ3n) is 4.08. The molecule has 1 fully saturated rings. The maximum absolute atomic E-state index is 12.1. The van der Waals surface area contributed by atoms with E-state index in [0.29, 0.717) is 25.9 Å². The second-order valence-corrected chi connectivity index (χ2v) is 6.25. The maximum atomic E-state index is 12.1. The SMILES string of the molecule is CCC1(C(=O)O)CCN(C(=O)C=Cc2ccc(Br)cc2)C1. The monoisotopic (exact) mass is 351 g/mol. The summed E-state index contributed by atoms with van der Waals surface area (Å²) in [6.45, 7) is 2.66. The van der Waals surface area contributed by atoms with Gasteiger partial charge in [-0.2, -0.15) is 0 Å². The van der Waals surface area contributed by atoms with E-state index in [2.05, 4.69) is 15.9 Å². The van der Waals surface area contributed by atoms with E-state index < -0.39 is 11.4 Å². The van der Waals surface area contributed by atoms with Crippen molar-refractivity contribution < 1.29 is 14.7 Å². The fourth-order valence-electron chi connectivity index (χ4n) is 2.52. The topological polar surface area (TPSA) is 57.6 Å². The van der Waals surface area contributed by atoms with E-state index in [9.17, 15) is 14.7 Å². The highest BCUT2D eigenvalue weighted by molar-refractivity contribution is 9.10. The van der Waals surface area contributed by atoms with Crippen molar-refractivity contribution >= 4 is 33.9 Å². The number of benzene rings is 1. The molecular weight excluding hydrogens is 334 g/mol. The molecule has 0 aliphatic carbocycles. The number of carboxylic acid groups (broad SMARTS) is 1. The molecule has 0 aromatic heterocycles. The van der Waals surface area contributed by atoms with Crippen LogP contribution >= 0.6 is 15.9 Å². The fourth-order valence-corrected chi connectivity index (χ4v) is 2.79. The summed E-state index contributed by atoms with van der Waals surface area (Å²) in [7, 11) is 0. The van der Waals surface area contributed by atoms with Crippen molar-refractivity contribution in [1.29, 1.82) is 0 Å². The summed E-state index contributed by atoms with van der Waals surface area (Å²) in [6.07, 6.45) is 4.33. The number of carbonyl (C=O) groups is 2. The molecule has 1 aromatic rings. The molecule has 5 heteroatoms. The largest absolute Gasteiger partial charge is 0.481 e. The summed E-state index contributed by atoms with van der Waals surface area (Å²) in [5.41, 5.74) is 0.159. The molecule has 21 heavy (non-hydrogen) atoms. The van der Waals surface area contributed by atoms with Crippen LogP contribution in [0.5, 0.6) is 0 Å². The lowest BCUT2D eigenvalue weighted by atomic mass is 9.84. The van der Waals surface area contributed by atoms with Gasteiger partial charge in [0.1, 0.15) is 0 Å². The second kappa shape index (κ2) is 6.43. The molecular formula is C16H18BrNO3. The summed E-state index contributed by atoms with van der Waals surface area (Å²) < 4.78 is 0.986.